The number of hydrogen-bond donors (Lipinski definition) is 2. The summed E-state index contributed by atoms with van der Waals surface area (Å²) in [6.07, 6.45) is 6.25. The van der Waals surface area contributed by atoms with E-state index in [1.165, 1.54) is 32.1 Å². The Morgan fingerprint density at radius 1 is 1.24 bits per heavy atom. The number of benzene rings is 1. The zero-order valence-corrected chi connectivity index (χ0v) is 17.0. The number of aliphatic hydroxyl groups is 1. The van der Waals surface area contributed by atoms with Crippen molar-refractivity contribution in [3.8, 4) is 0 Å². The Bertz CT molecular complexity index is 538. The third-order valence-corrected chi connectivity index (χ3v) is 4.85. The molecule has 1 aromatic rings. The smallest absolute Gasteiger partial charge is 0.338 e. The molecular formula is C19H31BrN2O3. The predicted octanol–water partition coefficient (Wildman–Crippen LogP) is 3.97. The summed E-state index contributed by atoms with van der Waals surface area (Å²) in [5, 5.41) is 8.79. The maximum atomic E-state index is 12.0. The van der Waals surface area contributed by atoms with Crippen LogP contribution in [-0.2, 0) is 11.3 Å². The number of carbonyl (C=O) groups excluding carboxylic acids is 1. The zero-order valence-electron chi connectivity index (χ0n) is 15.4. The second-order valence-electron chi connectivity index (χ2n) is 6.17. The highest BCUT2D eigenvalue weighted by Crippen LogP contribution is 2.27. The van der Waals surface area contributed by atoms with Gasteiger partial charge in [-0.3, -0.25) is 4.90 Å². The maximum absolute atomic E-state index is 12.0. The fourth-order valence-electron chi connectivity index (χ4n) is 2.67. The van der Waals surface area contributed by atoms with Crippen molar-refractivity contribution < 1.29 is 14.6 Å². The number of aliphatic hydroxyl groups excluding tert-OH is 1. The monoisotopic (exact) mass is 414 g/mol. The van der Waals surface area contributed by atoms with Crippen LogP contribution in [0.4, 0.5) is 5.69 Å². The van der Waals surface area contributed by atoms with Gasteiger partial charge >= 0.3 is 5.97 Å². The average Bonchev–Trinajstić information content (AvgIpc) is 2.61. The van der Waals surface area contributed by atoms with E-state index in [-0.39, 0.29) is 13.2 Å². The van der Waals surface area contributed by atoms with Gasteiger partial charge in [-0.15, -0.1) is 0 Å². The third-order valence-electron chi connectivity index (χ3n) is 4.19. The minimum atomic E-state index is -0.446. The molecule has 0 aliphatic carbocycles. The first-order chi connectivity index (χ1) is 12.0. The van der Waals surface area contributed by atoms with E-state index in [4.69, 9.17) is 15.6 Å². The largest absolute Gasteiger partial charge is 0.460 e. The van der Waals surface area contributed by atoms with Crippen LogP contribution in [0.5, 0.6) is 0 Å². The highest BCUT2D eigenvalue weighted by atomic mass is 79.9. The van der Waals surface area contributed by atoms with Crippen molar-refractivity contribution in [2.24, 2.45) is 0 Å². The SMILES string of the molecule is CCCCCCCN(CC)Cc1cc(C(=O)OCCO)cc(Br)c1N. The molecule has 0 aliphatic rings. The molecule has 0 atom stereocenters. The number of nitrogen functional groups attached to an aromatic ring is 1. The van der Waals surface area contributed by atoms with E-state index in [9.17, 15) is 4.79 Å². The second-order valence-corrected chi connectivity index (χ2v) is 7.03. The van der Waals surface area contributed by atoms with Crippen molar-refractivity contribution in [3.63, 3.8) is 0 Å². The summed E-state index contributed by atoms with van der Waals surface area (Å²) >= 11 is 3.43. The van der Waals surface area contributed by atoms with Gasteiger partial charge in [0.25, 0.3) is 0 Å². The Morgan fingerprint density at radius 2 is 1.96 bits per heavy atom. The number of halogens is 1. The fourth-order valence-corrected chi connectivity index (χ4v) is 3.18. The van der Waals surface area contributed by atoms with Gasteiger partial charge < -0.3 is 15.6 Å². The molecule has 0 radical (unpaired) electrons. The van der Waals surface area contributed by atoms with Crippen LogP contribution in [0.25, 0.3) is 0 Å². The topological polar surface area (TPSA) is 75.8 Å². The summed E-state index contributed by atoms with van der Waals surface area (Å²) in [4.78, 5) is 14.4. The minimum absolute atomic E-state index is 0.00495. The molecule has 25 heavy (non-hydrogen) atoms. The molecule has 0 fully saturated rings. The van der Waals surface area contributed by atoms with Crippen LogP contribution in [0, 0.1) is 0 Å². The molecule has 1 rings (SSSR count). The van der Waals surface area contributed by atoms with Crippen LogP contribution in [0.1, 0.15) is 61.9 Å². The lowest BCUT2D eigenvalue weighted by Crippen LogP contribution is -2.25. The molecule has 5 nitrogen and oxygen atoms in total. The van der Waals surface area contributed by atoms with E-state index >= 15 is 0 Å². The number of nitrogens with two attached hydrogens (primary N) is 1. The predicted molar refractivity (Wildman–Crippen MR) is 106 cm³/mol. The number of unbranched alkanes of at least 4 members (excludes halogenated alkanes) is 4. The number of esters is 1. The Hall–Kier alpha value is -1.11. The summed E-state index contributed by atoms with van der Waals surface area (Å²) in [6.45, 7) is 6.83. The van der Waals surface area contributed by atoms with Crippen molar-refractivity contribution in [2.45, 2.75) is 52.5 Å². The van der Waals surface area contributed by atoms with Gasteiger partial charge in [0.2, 0.25) is 0 Å². The van der Waals surface area contributed by atoms with Crippen molar-refractivity contribution in [1.29, 1.82) is 0 Å². The second kappa shape index (κ2) is 12.3. The third kappa shape index (κ3) is 7.75. The summed E-state index contributed by atoms with van der Waals surface area (Å²) in [5.74, 6) is -0.446. The summed E-state index contributed by atoms with van der Waals surface area (Å²) in [6, 6.07) is 3.46. The van der Waals surface area contributed by atoms with Gasteiger partial charge in [-0.2, -0.15) is 0 Å². The molecule has 6 heteroatoms. The van der Waals surface area contributed by atoms with Crippen molar-refractivity contribution in [3.05, 3.63) is 27.7 Å². The first kappa shape index (κ1) is 21.9. The van der Waals surface area contributed by atoms with Crippen molar-refractivity contribution in [1.82, 2.24) is 4.90 Å². The van der Waals surface area contributed by atoms with E-state index in [1.807, 2.05) is 0 Å². The number of carbonyl (C=O) groups is 1. The van der Waals surface area contributed by atoms with Crippen LogP contribution in [0.2, 0.25) is 0 Å². The molecule has 3 N–H and O–H groups in total. The van der Waals surface area contributed by atoms with Gasteiger partial charge in [0.15, 0.2) is 0 Å². The molecular weight excluding hydrogens is 384 g/mol. The Balaban J connectivity index is 2.74. The van der Waals surface area contributed by atoms with Gasteiger partial charge in [0.1, 0.15) is 6.61 Å². The minimum Gasteiger partial charge on any atom is -0.460 e. The lowest BCUT2D eigenvalue weighted by atomic mass is 10.1. The molecule has 0 aromatic heterocycles. The lowest BCUT2D eigenvalue weighted by molar-refractivity contribution is 0.0433. The molecule has 0 aliphatic heterocycles. The Morgan fingerprint density at radius 3 is 2.60 bits per heavy atom. The van der Waals surface area contributed by atoms with Gasteiger partial charge in [-0.25, -0.2) is 4.79 Å². The molecule has 0 unspecified atom stereocenters. The van der Waals surface area contributed by atoms with Crippen LogP contribution < -0.4 is 5.73 Å². The summed E-state index contributed by atoms with van der Waals surface area (Å²) < 4.78 is 5.69. The van der Waals surface area contributed by atoms with Gasteiger partial charge in [0.05, 0.1) is 17.9 Å². The maximum Gasteiger partial charge on any atom is 0.338 e. The van der Waals surface area contributed by atoms with E-state index in [1.54, 1.807) is 12.1 Å². The molecule has 0 saturated heterocycles. The zero-order chi connectivity index (χ0) is 18.7. The van der Waals surface area contributed by atoms with E-state index in [0.29, 0.717) is 22.3 Å². The normalized spacial score (nSPS) is 11.1. The van der Waals surface area contributed by atoms with Gasteiger partial charge in [-0.1, -0.05) is 39.5 Å². The van der Waals surface area contributed by atoms with E-state index in [2.05, 4.69) is 34.7 Å². The van der Waals surface area contributed by atoms with E-state index in [0.717, 1.165) is 18.7 Å². The number of hydrogen-bond acceptors (Lipinski definition) is 5. The molecule has 0 heterocycles. The molecule has 0 amide bonds. The highest BCUT2D eigenvalue weighted by molar-refractivity contribution is 9.10. The molecule has 0 saturated carbocycles. The Labute approximate surface area is 159 Å². The number of ether oxygens (including phenoxy) is 1. The van der Waals surface area contributed by atoms with E-state index < -0.39 is 5.97 Å². The van der Waals surface area contributed by atoms with Crippen LogP contribution >= 0.6 is 15.9 Å². The quantitative estimate of drug-likeness (QED) is 0.307. The van der Waals surface area contributed by atoms with Gasteiger partial charge in [0, 0.05) is 11.0 Å². The lowest BCUT2D eigenvalue weighted by Gasteiger charge is -2.22. The number of rotatable bonds is 12. The molecule has 0 spiro atoms. The molecule has 1 aromatic carbocycles. The van der Waals surface area contributed by atoms with Crippen molar-refractivity contribution >= 4 is 27.6 Å². The fraction of sp³-hybridized carbons (Fsp3) is 0.632. The number of anilines is 1. The summed E-state index contributed by atoms with van der Waals surface area (Å²) in [5.41, 5.74) is 8.20. The van der Waals surface area contributed by atoms with Gasteiger partial charge in [-0.05, 0) is 53.1 Å². The molecule has 0 bridgehead atoms. The average molecular weight is 415 g/mol. The Kier molecular flexibility index (Phi) is 10.8. The van der Waals surface area contributed by atoms with Crippen LogP contribution in [0.3, 0.4) is 0 Å². The number of nitrogens with zero attached hydrogens (tertiary/aromatic N) is 1. The highest BCUT2D eigenvalue weighted by Gasteiger charge is 2.15. The first-order valence-electron chi connectivity index (χ1n) is 9.11. The van der Waals surface area contributed by atoms with Crippen molar-refractivity contribution in [2.75, 3.05) is 32.0 Å². The summed E-state index contributed by atoms with van der Waals surface area (Å²) in [7, 11) is 0. The standard InChI is InChI=1S/C19H31BrN2O3/c1-3-5-6-7-8-9-22(4-2)14-16-12-15(13-17(20)18(16)21)19(24)25-11-10-23/h12-13,23H,3-11,14,21H2,1-2H3. The van der Waals surface area contributed by atoms with Crippen LogP contribution in [-0.4, -0.2) is 42.3 Å². The van der Waals surface area contributed by atoms with Crippen LogP contribution in [0.15, 0.2) is 16.6 Å². The molecule has 142 valence electrons. The first-order valence-corrected chi connectivity index (χ1v) is 9.90.